The Balaban J connectivity index is 1.23. The van der Waals surface area contributed by atoms with Crippen molar-refractivity contribution in [2.75, 3.05) is 38.5 Å². The van der Waals surface area contributed by atoms with Crippen molar-refractivity contribution in [1.82, 2.24) is 15.2 Å². The first-order valence-corrected chi connectivity index (χ1v) is 10.7. The maximum atomic E-state index is 12.5. The summed E-state index contributed by atoms with van der Waals surface area (Å²) in [6, 6.07) is 21.5. The van der Waals surface area contributed by atoms with Crippen LogP contribution in [0, 0.1) is 0 Å². The Morgan fingerprint density at radius 2 is 1.77 bits per heavy atom. The Kier molecular flexibility index (Phi) is 6.65. The third-order valence-corrected chi connectivity index (χ3v) is 5.54. The lowest BCUT2D eigenvalue weighted by Gasteiger charge is -2.18. The number of carbonyl (C=O) groups excluding carboxylic acids is 1. The fourth-order valence-electron chi connectivity index (χ4n) is 3.56. The molecule has 5 nitrogen and oxygen atoms in total. The number of rotatable bonds is 8. The average molecular weight is 433 g/mol. The van der Waals surface area contributed by atoms with Gasteiger partial charge in [0.15, 0.2) is 0 Å². The summed E-state index contributed by atoms with van der Waals surface area (Å²) in [5.41, 5.74) is 2.61. The van der Waals surface area contributed by atoms with Gasteiger partial charge in [0.2, 0.25) is 0 Å². The number of likely N-dealkylation sites (N-methyl/N-ethyl adjacent to an activating group) is 1. The average Bonchev–Trinajstić information content (AvgIpc) is 2.78. The smallest absolute Gasteiger partial charge is 0.251 e. The molecule has 0 atom stereocenters. The number of nitrogens with one attached hydrogen (secondary N) is 2. The number of anilines is 1. The number of fused-ring (bicyclic) bond motifs is 2. The van der Waals surface area contributed by atoms with Gasteiger partial charge < -0.3 is 15.5 Å². The third kappa shape index (κ3) is 5.32. The van der Waals surface area contributed by atoms with Crippen LogP contribution < -0.4 is 10.6 Å². The van der Waals surface area contributed by atoms with Crippen LogP contribution in [0.2, 0.25) is 5.02 Å². The standard InChI is InChI=1S/C25H25ClN4O/c1-30(14-12-28-23-10-11-27-24-17-21(26)8-9-22(23)24)15-13-29-25(31)20-7-6-18-4-2-3-5-19(18)16-20/h2-11,16-17H,12-15H2,1H3,(H,27,28)(H,29,31). The van der Waals surface area contributed by atoms with E-state index in [9.17, 15) is 4.79 Å². The lowest BCUT2D eigenvalue weighted by Crippen LogP contribution is -2.35. The Morgan fingerprint density at radius 3 is 2.65 bits per heavy atom. The van der Waals surface area contributed by atoms with E-state index in [1.807, 2.05) is 73.8 Å². The van der Waals surface area contributed by atoms with Crippen molar-refractivity contribution in [3.63, 3.8) is 0 Å². The van der Waals surface area contributed by atoms with E-state index < -0.39 is 0 Å². The first-order valence-electron chi connectivity index (χ1n) is 10.3. The largest absolute Gasteiger partial charge is 0.383 e. The van der Waals surface area contributed by atoms with Crippen molar-refractivity contribution in [1.29, 1.82) is 0 Å². The van der Waals surface area contributed by atoms with Crippen molar-refractivity contribution in [2.45, 2.75) is 0 Å². The molecule has 31 heavy (non-hydrogen) atoms. The van der Waals surface area contributed by atoms with E-state index in [1.54, 1.807) is 6.20 Å². The maximum absolute atomic E-state index is 12.5. The molecule has 0 aliphatic rings. The minimum Gasteiger partial charge on any atom is -0.383 e. The number of pyridine rings is 1. The van der Waals surface area contributed by atoms with Gasteiger partial charge in [-0.25, -0.2) is 0 Å². The van der Waals surface area contributed by atoms with E-state index in [-0.39, 0.29) is 5.91 Å². The third-order valence-electron chi connectivity index (χ3n) is 5.30. The monoisotopic (exact) mass is 432 g/mol. The second kappa shape index (κ2) is 9.77. The molecule has 0 aliphatic heterocycles. The summed E-state index contributed by atoms with van der Waals surface area (Å²) in [7, 11) is 2.05. The zero-order chi connectivity index (χ0) is 21.6. The van der Waals surface area contributed by atoms with E-state index in [4.69, 9.17) is 11.6 Å². The molecule has 1 heterocycles. The number of aromatic nitrogens is 1. The van der Waals surface area contributed by atoms with Gasteiger partial charge in [-0.3, -0.25) is 9.78 Å². The van der Waals surface area contributed by atoms with Gasteiger partial charge in [0, 0.05) is 54.0 Å². The molecule has 3 aromatic carbocycles. The van der Waals surface area contributed by atoms with Gasteiger partial charge in [0.1, 0.15) is 0 Å². The summed E-state index contributed by atoms with van der Waals surface area (Å²) in [6.07, 6.45) is 1.78. The molecule has 4 aromatic rings. The summed E-state index contributed by atoms with van der Waals surface area (Å²) in [4.78, 5) is 19.0. The Bertz CT molecular complexity index is 1210. The normalized spacial score (nSPS) is 11.2. The molecule has 1 amide bonds. The highest BCUT2D eigenvalue weighted by Gasteiger charge is 2.07. The topological polar surface area (TPSA) is 57.3 Å². The molecule has 0 aliphatic carbocycles. The molecular weight excluding hydrogens is 408 g/mol. The van der Waals surface area contributed by atoms with Crippen LogP contribution in [0.5, 0.6) is 0 Å². The molecule has 6 heteroatoms. The Labute approximate surface area is 187 Å². The zero-order valence-corrected chi connectivity index (χ0v) is 18.2. The van der Waals surface area contributed by atoms with Crippen LogP contribution >= 0.6 is 11.6 Å². The van der Waals surface area contributed by atoms with E-state index in [0.717, 1.165) is 47.0 Å². The zero-order valence-electron chi connectivity index (χ0n) is 17.4. The fraction of sp³-hybridized carbons (Fsp3) is 0.200. The van der Waals surface area contributed by atoms with Crippen LogP contribution in [-0.2, 0) is 0 Å². The summed E-state index contributed by atoms with van der Waals surface area (Å²) in [6.45, 7) is 3.01. The summed E-state index contributed by atoms with van der Waals surface area (Å²) < 4.78 is 0. The van der Waals surface area contributed by atoms with Crippen LogP contribution in [-0.4, -0.2) is 49.0 Å². The summed E-state index contributed by atoms with van der Waals surface area (Å²) >= 11 is 6.06. The molecule has 158 valence electrons. The van der Waals surface area contributed by atoms with Crippen LogP contribution in [0.25, 0.3) is 21.7 Å². The van der Waals surface area contributed by atoms with Crippen LogP contribution in [0.15, 0.2) is 72.9 Å². The van der Waals surface area contributed by atoms with Gasteiger partial charge in [-0.1, -0.05) is 41.9 Å². The quantitative estimate of drug-likeness (QED) is 0.419. The van der Waals surface area contributed by atoms with Crippen molar-refractivity contribution in [3.05, 3.63) is 83.5 Å². The number of halogens is 1. The molecule has 1 aromatic heterocycles. The first kappa shape index (κ1) is 21.1. The highest BCUT2D eigenvalue weighted by atomic mass is 35.5. The Hall–Kier alpha value is -3.15. The van der Waals surface area contributed by atoms with Gasteiger partial charge in [-0.2, -0.15) is 0 Å². The second-order valence-corrected chi connectivity index (χ2v) is 8.00. The molecule has 2 N–H and O–H groups in total. The molecule has 0 saturated heterocycles. The number of amides is 1. The van der Waals surface area contributed by atoms with Gasteiger partial charge in [-0.15, -0.1) is 0 Å². The van der Waals surface area contributed by atoms with Gasteiger partial charge in [-0.05, 0) is 54.2 Å². The predicted octanol–water partition coefficient (Wildman–Crippen LogP) is 4.82. The number of hydrogen-bond acceptors (Lipinski definition) is 4. The predicted molar refractivity (Wildman–Crippen MR) is 129 cm³/mol. The molecule has 0 bridgehead atoms. The highest BCUT2D eigenvalue weighted by Crippen LogP contribution is 2.24. The van der Waals surface area contributed by atoms with Crippen molar-refractivity contribution >= 4 is 44.9 Å². The lowest BCUT2D eigenvalue weighted by molar-refractivity contribution is 0.0950. The van der Waals surface area contributed by atoms with E-state index in [2.05, 4.69) is 20.5 Å². The van der Waals surface area contributed by atoms with Gasteiger partial charge in [0.25, 0.3) is 5.91 Å². The van der Waals surface area contributed by atoms with Crippen LogP contribution in [0.4, 0.5) is 5.69 Å². The SMILES string of the molecule is CN(CCNC(=O)c1ccc2ccccc2c1)CCNc1ccnc2cc(Cl)ccc12. The molecule has 0 unspecified atom stereocenters. The van der Waals surface area contributed by atoms with E-state index >= 15 is 0 Å². The summed E-state index contributed by atoms with van der Waals surface area (Å²) in [5.74, 6) is -0.0424. The van der Waals surface area contributed by atoms with E-state index in [1.165, 1.54) is 0 Å². The highest BCUT2D eigenvalue weighted by molar-refractivity contribution is 6.31. The van der Waals surface area contributed by atoms with Crippen molar-refractivity contribution < 1.29 is 4.79 Å². The number of carbonyl (C=O) groups is 1. The van der Waals surface area contributed by atoms with Crippen molar-refractivity contribution in [3.8, 4) is 0 Å². The first-order chi connectivity index (χ1) is 15.1. The summed E-state index contributed by atoms with van der Waals surface area (Å²) in [5, 5.41) is 10.4. The number of hydrogen-bond donors (Lipinski definition) is 2. The van der Waals surface area contributed by atoms with Gasteiger partial charge in [0.05, 0.1) is 5.52 Å². The van der Waals surface area contributed by atoms with Crippen LogP contribution in [0.3, 0.4) is 0 Å². The van der Waals surface area contributed by atoms with E-state index in [0.29, 0.717) is 17.1 Å². The molecule has 4 rings (SSSR count). The lowest BCUT2D eigenvalue weighted by atomic mass is 10.1. The van der Waals surface area contributed by atoms with Crippen molar-refractivity contribution in [2.24, 2.45) is 0 Å². The number of benzene rings is 3. The van der Waals surface area contributed by atoms with Gasteiger partial charge >= 0.3 is 0 Å². The molecule has 0 spiro atoms. The number of nitrogens with zero attached hydrogens (tertiary/aromatic N) is 2. The van der Waals surface area contributed by atoms with Crippen LogP contribution in [0.1, 0.15) is 10.4 Å². The molecule has 0 fully saturated rings. The minimum atomic E-state index is -0.0424. The fourth-order valence-corrected chi connectivity index (χ4v) is 3.73. The molecular formula is C25H25ClN4O. The Morgan fingerprint density at radius 1 is 0.968 bits per heavy atom. The minimum absolute atomic E-state index is 0.0424. The second-order valence-electron chi connectivity index (χ2n) is 7.57. The maximum Gasteiger partial charge on any atom is 0.251 e. The molecule has 0 saturated carbocycles. The molecule has 0 radical (unpaired) electrons.